The van der Waals surface area contributed by atoms with Crippen LogP contribution < -0.4 is 29.5 Å². The van der Waals surface area contributed by atoms with Crippen LogP contribution in [0.5, 0.6) is 28.7 Å². The highest BCUT2D eigenvalue weighted by Gasteiger charge is 2.19. The highest BCUT2D eigenvalue weighted by atomic mass is 16.5. The molecule has 0 atom stereocenters. The first kappa shape index (κ1) is 17.5. The molecule has 7 heteroatoms. The molecule has 0 fully saturated rings. The first-order valence-corrected chi connectivity index (χ1v) is 7.66. The Balaban J connectivity index is 2.34. The van der Waals surface area contributed by atoms with Crippen LogP contribution in [0, 0.1) is 0 Å². The Morgan fingerprint density at radius 1 is 0.885 bits per heavy atom. The first-order chi connectivity index (χ1) is 12.5. The maximum atomic E-state index is 12.8. The molecule has 3 aromatic rings. The van der Waals surface area contributed by atoms with E-state index in [1.807, 2.05) is 0 Å². The van der Waals surface area contributed by atoms with E-state index in [0.29, 0.717) is 22.8 Å². The van der Waals surface area contributed by atoms with Crippen LogP contribution in [0.4, 0.5) is 0 Å². The Hall–Kier alpha value is -3.35. The van der Waals surface area contributed by atoms with E-state index in [0.717, 1.165) is 0 Å². The summed E-state index contributed by atoms with van der Waals surface area (Å²) < 4.78 is 26.7. The number of hydrogen-bond donors (Lipinski definition) is 0. The summed E-state index contributed by atoms with van der Waals surface area (Å²) in [5.74, 6) is 0.914. The summed E-state index contributed by atoms with van der Waals surface area (Å²) in [5, 5.41) is 12.2. The normalized spacial score (nSPS) is 10.6. The van der Waals surface area contributed by atoms with Gasteiger partial charge in [0, 0.05) is 11.6 Å². The molecule has 7 nitrogen and oxygen atoms in total. The van der Waals surface area contributed by atoms with Crippen molar-refractivity contribution in [3.63, 3.8) is 0 Å². The van der Waals surface area contributed by atoms with Gasteiger partial charge in [-0.3, -0.25) is 4.79 Å². The van der Waals surface area contributed by atoms with Gasteiger partial charge in [0.1, 0.15) is 11.3 Å². The lowest BCUT2D eigenvalue weighted by Crippen LogP contribution is -2.10. The van der Waals surface area contributed by atoms with Gasteiger partial charge in [0.15, 0.2) is 17.3 Å². The molecule has 136 valence electrons. The number of rotatable bonds is 5. The summed E-state index contributed by atoms with van der Waals surface area (Å²) >= 11 is 0. The third-order valence-corrected chi connectivity index (χ3v) is 3.98. The molecule has 0 bridgehead atoms. The third kappa shape index (κ3) is 2.77. The topological polar surface area (TPSA) is 90.2 Å². The summed E-state index contributed by atoms with van der Waals surface area (Å²) in [4.78, 5) is 12.8. The van der Waals surface area contributed by atoms with Gasteiger partial charge < -0.3 is 28.5 Å². The van der Waals surface area contributed by atoms with Crippen molar-refractivity contribution < 1.29 is 28.5 Å². The van der Waals surface area contributed by atoms with Crippen molar-refractivity contribution in [2.45, 2.75) is 0 Å². The lowest BCUT2D eigenvalue weighted by molar-refractivity contribution is -0.266. The molecular formula is C19H17O7-. The largest absolute Gasteiger partial charge is 0.872 e. The average molecular weight is 357 g/mol. The molecule has 0 radical (unpaired) electrons. The van der Waals surface area contributed by atoms with Crippen molar-refractivity contribution in [1.82, 2.24) is 0 Å². The molecule has 1 heterocycles. The average Bonchev–Trinajstić information content (AvgIpc) is 2.66. The van der Waals surface area contributed by atoms with Gasteiger partial charge in [-0.25, -0.2) is 0 Å². The minimum Gasteiger partial charge on any atom is -0.872 e. The van der Waals surface area contributed by atoms with Crippen LogP contribution in [0.25, 0.3) is 22.3 Å². The second kappa shape index (κ2) is 6.87. The van der Waals surface area contributed by atoms with Crippen LogP contribution in [0.15, 0.2) is 39.5 Å². The van der Waals surface area contributed by atoms with E-state index in [1.165, 1.54) is 40.6 Å². The number of hydrogen-bond acceptors (Lipinski definition) is 7. The van der Waals surface area contributed by atoms with Gasteiger partial charge in [0.2, 0.25) is 11.2 Å². The minimum atomic E-state index is -0.550. The van der Waals surface area contributed by atoms with Gasteiger partial charge in [-0.2, -0.15) is 0 Å². The predicted molar refractivity (Wildman–Crippen MR) is 93.6 cm³/mol. The number of ether oxygens (including phenoxy) is 4. The van der Waals surface area contributed by atoms with Crippen LogP contribution in [0.3, 0.4) is 0 Å². The van der Waals surface area contributed by atoms with E-state index in [2.05, 4.69) is 0 Å². The van der Waals surface area contributed by atoms with E-state index in [-0.39, 0.29) is 22.5 Å². The van der Waals surface area contributed by atoms with Crippen LogP contribution in [0.2, 0.25) is 0 Å². The summed E-state index contributed by atoms with van der Waals surface area (Å²) in [6.07, 6.45) is 0. The summed E-state index contributed by atoms with van der Waals surface area (Å²) in [6.45, 7) is 0. The zero-order valence-electron chi connectivity index (χ0n) is 14.7. The van der Waals surface area contributed by atoms with Gasteiger partial charge in [0.25, 0.3) is 0 Å². The highest BCUT2D eigenvalue weighted by molar-refractivity contribution is 5.88. The Morgan fingerprint density at radius 3 is 2.23 bits per heavy atom. The van der Waals surface area contributed by atoms with Gasteiger partial charge in [-0.1, -0.05) is 5.75 Å². The van der Waals surface area contributed by atoms with Crippen LogP contribution in [-0.2, 0) is 0 Å². The fourth-order valence-corrected chi connectivity index (χ4v) is 2.71. The molecule has 0 saturated heterocycles. The molecule has 0 amide bonds. The fraction of sp³-hybridized carbons (Fsp3) is 0.211. The lowest BCUT2D eigenvalue weighted by atomic mass is 10.1. The van der Waals surface area contributed by atoms with Gasteiger partial charge in [-0.05, 0) is 24.3 Å². The van der Waals surface area contributed by atoms with Crippen molar-refractivity contribution in [3.05, 3.63) is 40.6 Å². The van der Waals surface area contributed by atoms with Gasteiger partial charge >= 0.3 is 0 Å². The van der Waals surface area contributed by atoms with Crippen molar-refractivity contribution in [2.24, 2.45) is 0 Å². The quantitative estimate of drug-likeness (QED) is 0.693. The standard InChI is InChI=1S/C19H18O7/c1-22-11-8-12(20)16-15(9-11)26-18(19(25-4)17(16)21)10-5-6-13(23-2)14(7-10)24-3/h5-9,20H,1-4H3/p-1. The van der Waals surface area contributed by atoms with Crippen molar-refractivity contribution in [2.75, 3.05) is 28.4 Å². The molecule has 1 aromatic heterocycles. The van der Waals surface area contributed by atoms with Crippen LogP contribution >= 0.6 is 0 Å². The van der Waals surface area contributed by atoms with E-state index in [1.54, 1.807) is 18.2 Å². The maximum Gasteiger partial charge on any atom is 0.234 e. The smallest absolute Gasteiger partial charge is 0.234 e. The zero-order chi connectivity index (χ0) is 18.8. The highest BCUT2D eigenvalue weighted by Crippen LogP contribution is 2.38. The summed E-state index contributed by atoms with van der Waals surface area (Å²) in [7, 11) is 5.80. The lowest BCUT2D eigenvalue weighted by Gasteiger charge is -2.15. The maximum absolute atomic E-state index is 12.8. The van der Waals surface area contributed by atoms with Crippen molar-refractivity contribution in [3.8, 4) is 40.1 Å². The Morgan fingerprint density at radius 2 is 1.62 bits per heavy atom. The van der Waals surface area contributed by atoms with Crippen LogP contribution in [-0.4, -0.2) is 28.4 Å². The molecule has 0 aliphatic carbocycles. The van der Waals surface area contributed by atoms with Gasteiger partial charge in [-0.15, -0.1) is 0 Å². The van der Waals surface area contributed by atoms with Crippen LogP contribution in [0.1, 0.15) is 0 Å². The first-order valence-electron chi connectivity index (χ1n) is 7.66. The fourth-order valence-electron chi connectivity index (χ4n) is 2.71. The van der Waals surface area contributed by atoms with Crippen molar-refractivity contribution >= 4 is 11.0 Å². The summed E-state index contributed by atoms with van der Waals surface area (Å²) in [6, 6.07) is 7.76. The second-order valence-corrected chi connectivity index (χ2v) is 5.36. The van der Waals surface area contributed by atoms with Crippen molar-refractivity contribution in [1.29, 1.82) is 0 Å². The van der Waals surface area contributed by atoms with Gasteiger partial charge in [0.05, 0.1) is 33.8 Å². The molecule has 0 aliphatic heterocycles. The van der Waals surface area contributed by atoms with E-state index in [4.69, 9.17) is 23.4 Å². The minimum absolute atomic E-state index is 0.0630. The monoisotopic (exact) mass is 357 g/mol. The Labute approximate surface area is 149 Å². The molecule has 2 aromatic carbocycles. The number of fused-ring (bicyclic) bond motifs is 1. The second-order valence-electron chi connectivity index (χ2n) is 5.36. The molecular weight excluding hydrogens is 340 g/mol. The Bertz CT molecular complexity index is 1020. The number of methoxy groups -OCH3 is 4. The number of benzene rings is 2. The molecule has 0 aliphatic rings. The molecule has 0 saturated carbocycles. The Kier molecular flexibility index (Phi) is 4.62. The third-order valence-electron chi connectivity index (χ3n) is 3.98. The molecule has 0 N–H and O–H groups in total. The molecule has 0 spiro atoms. The zero-order valence-corrected chi connectivity index (χ0v) is 14.7. The van der Waals surface area contributed by atoms with E-state index in [9.17, 15) is 9.90 Å². The SMILES string of the molecule is COc1cc([O-])c2c(=O)c(OC)c(-c3ccc(OC)c(OC)c3)oc2c1. The predicted octanol–water partition coefficient (Wildman–Crippen LogP) is 2.57. The molecule has 26 heavy (non-hydrogen) atoms. The molecule has 0 unspecified atom stereocenters. The van der Waals surface area contributed by atoms with E-state index >= 15 is 0 Å². The summed E-state index contributed by atoms with van der Waals surface area (Å²) in [5.41, 5.74) is 0.102. The van der Waals surface area contributed by atoms with E-state index < -0.39 is 11.2 Å². The molecule has 3 rings (SSSR count).